The molecule has 0 N–H and O–H groups in total. The molecule has 2 rings (SSSR count). The van der Waals surface area contributed by atoms with Crippen molar-refractivity contribution in [2.75, 3.05) is 7.11 Å². The number of hydrogen-bond acceptors (Lipinski definition) is 3. The lowest BCUT2D eigenvalue weighted by molar-refractivity contribution is 0.103. The number of halogens is 1. The maximum atomic E-state index is 12.1. The van der Waals surface area contributed by atoms with Gasteiger partial charge in [0.05, 0.1) is 7.11 Å². The molecule has 0 unspecified atom stereocenters. The number of hydrogen-bond donors (Lipinski definition) is 0. The summed E-state index contributed by atoms with van der Waals surface area (Å²) in [5, 5.41) is 0. The van der Waals surface area contributed by atoms with Crippen molar-refractivity contribution < 1.29 is 9.53 Å². The molecule has 17 heavy (non-hydrogen) atoms. The van der Waals surface area contributed by atoms with Crippen LogP contribution >= 0.6 is 15.9 Å². The van der Waals surface area contributed by atoms with Crippen molar-refractivity contribution in [3.63, 3.8) is 0 Å². The summed E-state index contributed by atoms with van der Waals surface area (Å²) in [6.07, 6.45) is 1.60. The van der Waals surface area contributed by atoms with Crippen LogP contribution in [-0.4, -0.2) is 17.9 Å². The Labute approximate surface area is 108 Å². The van der Waals surface area contributed by atoms with Gasteiger partial charge >= 0.3 is 0 Å². The molecule has 86 valence electrons. The molecule has 0 saturated heterocycles. The molecule has 1 aromatic heterocycles. The molecule has 0 atom stereocenters. The number of carbonyl (C=O) groups is 1. The highest BCUT2D eigenvalue weighted by Gasteiger charge is 2.10. The van der Waals surface area contributed by atoms with Crippen LogP contribution in [0.4, 0.5) is 0 Å². The van der Waals surface area contributed by atoms with Crippen molar-refractivity contribution in [2.45, 2.75) is 0 Å². The first-order chi connectivity index (χ1) is 8.20. The number of benzene rings is 1. The van der Waals surface area contributed by atoms with E-state index in [2.05, 4.69) is 20.9 Å². The lowest BCUT2D eigenvalue weighted by Crippen LogP contribution is -2.03. The Kier molecular flexibility index (Phi) is 3.54. The van der Waals surface area contributed by atoms with E-state index >= 15 is 0 Å². The molecule has 0 bridgehead atoms. The van der Waals surface area contributed by atoms with Crippen LogP contribution in [0.25, 0.3) is 0 Å². The molecule has 1 aromatic carbocycles. The molecule has 0 fully saturated rings. The molecular formula is C13H10BrNO2. The summed E-state index contributed by atoms with van der Waals surface area (Å²) in [5.41, 5.74) is 0.987. The molecule has 4 heteroatoms. The Morgan fingerprint density at radius 1 is 1.29 bits per heavy atom. The van der Waals surface area contributed by atoms with Crippen LogP contribution in [0.5, 0.6) is 5.75 Å². The zero-order valence-electron chi connectivity index (χ0n) is 9.18. The van der Waals surface area contributed by atoms with Crippen LogP contribution in [0, 0.1) is 0 Å². The van der Waals surface area contributed by atoms with Crippen molar-refractivity contribution in [3.8, 4) is 5.75 Å². The van der Waals surface area contributed by atoms with Crippen molar-refractivity contribution in [1.29, 1.82) is 0 Å². The number of methoxy groups -OCH3 is 1. The van der Waals surface area contributed by atoms with Gasteiger partial charge in [-0.1, -0.05) is 12.1 Å². The third-order valence-electron chi connectivity index (χ3n) is 2.29. The van der Waals surface area contributed by atoms with Gasteiger partial charge in [-0.15, -0.1) is 0 Å². The van der Waals surface area contributed by atoms with Crippen LogP contribution < -0.4 is 4.74 Å². The maximum Gasteiger partial charge on any atom is 0.211 e. The topological polar surface area (TPSA) is 39.2 Å². The first-order valence-electron chi connectivity index (χ1n) is 5.01. The van der Waals surface area contributed by atoms with Crippen LogP contribution in [0.15, 0.2) is 47.1 Å². The molecule has 0 aliphatic heterocycles. The number of ether oxygens (including phenoxy) is 1. The summed E-state index contributed by atoms with van der Waals surface area (Å²) in [4.78, 5) is 16.2. The van der Waals surface area contributed by atoms with Gasteiger partial charge in [0.1, 0.15) is 11.4 Å². The third kappa shape index (κ3) is 2.71. The monoisotopic (exact) mass is 291 g/mol. The average molecular weight is 292 g/mol. The highest BCUT2D eigenvalue weighted by Crippen LogP contribution is 2.16. The SMILES string of the molecule is COc1cccc(C(=O)c2ccc(Br)cn2)c1. The summed E-state index contributed by atoms with van der Waals surface area (Å²) in [5.74, 6) is 0.546. The minimum atomic E-state index is -0.114. The van der Waals surface area contributed by atoms with E-state index in [1.165, 1.54) is 0 Å². The minimum Gasteiger partial charge on any atom is -0.497 e. The van der Waals surface area contributed by atoms with Gasteiger partial charge < -0.3 is 4.74 Å². The Balaban J connectivity index is 2.33. The fourth-order valence-corrected chi connectivity index (χ4v) is 1.66. The number of nitrogens with zero attached hydrogens (tertiary/aromatic N) is 1. The van der Waals surface area contributed by atoms with E-state index in [9.17, 15) is 4.79 Å². The second kappa shape index (κ2) is 5.10. The molecule has 0 radical (unpaired) electrons. The smallest absolute Gasteiger partial charge is 0.211 e. The first kappa shape index (κ1) is 11.8. The van der Waals surface area contributed by atoms with E-state index in [0.717, 1.165) is 4.47 Å². The molecule has 0 amide bonds. The zero-order chi connectivity index (χ0) is 12.3. The molecule has 1 heterocycles. The van der Waals surface area contributed by atoms with Crippen molar-refractivity contribution in [2.24, 2.45) is 0 Å². The van der Waals surface area contributed by atoms with Gasteiger partial charge in [-0.25, -0.2) is 0 Å². The normalized spacial score (nSPS) is 10.0. The average Bonchev–Trinajstić information content (AvgIpc) is 2.39. The summed E-state index contributed by atoms with van der Waals surface area (Å²) >= 11 is 3.28. The Hall–Kier alpha value is -1.68. The minimum absolute atomic E-state index is 0.114. The highest BCUT2D eigenvalue weighted by molar-refractivity contribution is 9.10. The standard InChI is InChI=1S/C13H10BrNO2/c1-17-11-4-2-3-9(7-11)13(16)12-6-5-10(14)8-15-12/h2-8H,1H3. The molecule has 2 aromatic rings. The zero-order valence-corrected chi connectivity index (χ0v) is 10.8. The van der Waals surface area contributed by atoms with Gasteiger partial charge in [0.25, 0.3) is 0 Å². The second-order valence-corrected chi connectivity index (χ2v) is 4.34. The molecule has 0 spiro atoms. The van der Waals surface area contributed by atoms with E-state index in [4.69, 9.17) is 4.74 Å². The third-order valence-corrected chi connectivity index (χ3v) is 2.76. The molecule has 0 aliphatic rings. The van der Waals surface area contributed by atoms with Crippen LogP contribution in [0.2, 0.25) is 0 Å². The first-order valence-corrected chi connectivity index (χ1v) is 5.80. The number of rotatable bonds is 3. The van der Waals surface area contributed by atoms with Crippen LogP contribution in [0.1, 0.15) is 16.1 Å². The highest BCUT2D eigenvalue weighted by atomic mass is 79.9. The van der Waals surface area contributed by atoms with E-state index < -0.39 is 0 Å². The van der Waals surface area contributed by atoms with Crippen molar-refractivity contribution in [1.82, 2.24) is 4.98 Å². The predicted octanol–water partition coefficient (Wildman–Crippen LogP) is 3.08. The van der Waals surface area contributed by atoms with E-state index in [0.29, 0.717) is 17.0 Å². The quantitative estimate of drug-likeness (QED) is 0.816. The summed E-state index contributed by atoms with van der Waals surface area (Å²) < 4.78 is 5.93. The van der Waals surface area contributed by atoms with E-state index in [-0.39, 0.29) is 5.78 Å². The summed E-state index contributed by atoms with van der Waals surface area (Å²) in [6, 6.07) is 10.5. The lowest BCUT2D eigenvalue weighted by atomic mass is 10.1. The van der Waals surface area contributed by atoms with Crippen molar-refractivity contribution >= 4 is 21.7 Å². The predicted molar refractivity (Wildman–Crippen MR) is 68.4 cm³/mol. The van der Waals surface area contributed by atoms with Gasteiger partial charge in [-0.2, -0.15) is 0 Å². The summed E-state index contributed by atoms with van der Waals surface area (Å²) in [7, 11) is 1.57. The second-order valence-electron chi connectivity index (χ2n) is 3.42. The number of ketones is 1. The van der Waals surface area contributed by atoms with Crippen molar-refractivity contribution in [3.05, 3.63) is 58.3 Å². The van der Waals surface area contributed by atoms with Gasteiger partial charge in [-0.3, -0.25) is 9.78 Å². The van der Waals surface area contributed by atoms with Crippen LogP contribution in [0.3, 0.4) is 0 Å². The fraction of sp³-hybridized carbons (Fsp3) is 0.0769. The van der Waals surface area contributed by atoms with Gasteiger partial charge in [0, 0.05) is 16.2 Å². The van der Waals surface area contributed by atoms with E-state index in [1.54, 1.807) is 49.7 Å². The van der Waals surface area contributed by atoms with Gasteiger partial charge in [0.15, 0.2) is 0 Å². The number of aromatic nitrogens is 1. The molecule has 3 nitrogen and oxygen atoms in total. The lowest BCUT2D eigenvalue weighted by Gasteiger charge is -2.03. The molecular weight excluding hydrogens is 282 g/mol. The Bertz CT molecular complexity index is 537. The Morgan fingerprint density at radius 2 is 2.12 bits per heavy atom. The van der Waals surface area contributed by atoms with Crippen LogP contribution in [-0.2, 0) is 0 Å². The van der Waals surface area contributed by atoms with E-state index in [1.807, 2.05) is 0 Å². The number of carbonyl (C=O) groups excluding carboxylic acids is 1. The molecule has 0 saturated carbocycles. The van der Waals surface area contributed by atoms with Gasteiger partial charge in [-0.05, 0) is 40.2 Å². The maximum absolute atomic E-state index is 12.1. The fourth-order valence-electron chi connectivity index (χ4n) is 1.42. The Morgan fingerprint density at radius 3 is 2.76 bits per heavy atom. The largest absolute Gasteiger partial charge is 0.497 e. The summed E-state index contributed by atoms with van der Waals surface area (Å²) in [6.45, 7) is 0. The van der Waals surface area contributed by atoms with Gasteiger partial charge in [0.2, 0.25) is 5.78 Å². The number of pyridine rings is 1. The molecule has 0 aliphatic carbocycles.